The number of anilines is 1. The summed E-state index contributed by atoms with van der Waals surface area (Å²) in [5, 5.41) is 2.79. The molecule has 0 bridgehead atoms. The van der Waals surface area contributed by atoms with Crippen LogP contribution in [-0.4, -0.2) is 26.5 Å². The zero-order valence-corrected chi connectivity index (χ0v) is 10.1. The summed E-state index contributed by atoms with van der Waals surface area (Å²) in [6, 6.07) is 7.50. The molecule has 1 N–H and O–H groups in total. The molecule has 0 spiro atoms. The van der Waals surface area contributed by atoms with E-state index in [1.54, 1.807) is 0 Å². The van der Waals surface area contributed by atoms with E-state index >= 15 is 0 Å². The molecule has 3 heteroatoms. The Kier molecular flexibility index (Phi) is 4.11. The SMILES string of the molecule is C=C(C)CNC(=O)c1ccc(N(C)C)cc1. The molecule has 0 atom stereocenters. The zero-order chi connectivity index (χ0) is 12.1. The lowest BCUT2D eigenvalue weighted by Gasteiger charge is -2.12. The molecule has 0 saturated carbocycles. The Morgan fingerprint density at radius 2 is 1.88 bits per heavy atom. The third-order valence-corrected chi connectivity index (χ3v) is 2.20. The molecule has 0 heterocycles. The number of nitrogens with one attached hydrogen (secondary N) is 1. The van der Waals surface area contributed by atoms with E-state index < -0.39 is 0 Å². The number of hydrogen-bond acceptors (Lipinski definition) is 2. The molecule has 0 saturated heterocycles. The van der Waals surface area contributed by atoms with Gasteiger partial charge in [0.25, 0.3) is 5.91 Å². The van der Waals surface area contributed by atoms with Gasteiger partial charge in [0, 0.05) is 31.9 Å². The Morgan fingerprint density at radius 3 is 2.31 bits per heavy atom. The van der Waals surface area contributed by atoms with Crippen molar-refractivity contribution >= 4 is 11.6 Å². The average molecular weight is 218 g/mol. The number of amides is 1. The molecule has 0 aliphatic carbocycles. The maximum absolute atomic E-state index is 11.7. The standard InChI is InChI=1S/C13H18N2O/c1-10(2)9-14-13(16)11-5-7-12(8-6-11)15(3)4/h5-8H,1,9H2,2-4H3,(H,14,16). The van der Waals surface area contributed by atoms with Gasteiger partial charge in [-0.2, -0.15) is 0 Å². The second-order valence-electron chi connectivity index (χ2n) is 4.08. The van der Waals surface area contributed by atoms with E-state index in [0.29, 0.717) is 12.1 Å². The van der Waals surface area contributed by atoms with Crippen LogP contribution >= 0.6 is 0 Å². The fourth-order valence-corrected chi connectivity index (χ4v) is 1.24. The van der Waals surface area contributed by atoms with E-state index in [0.717, 1.165) is 11.3 Å². The first-order chi connectivity index (χ1) is 7.50. The molecule has 0 aromatic heterocycles. The first-order valence-electron chi connectivity index (χ1n) is 5.20. The average Bonchev–Trinajstić information content (AvgIpc) is 2.26. The minimum Gasteiger partial charge on any atom is -0.378 e. The smallest absolute Gasteiger partial charge is 0.251 e. The van der Waals surface area contributed by atoms with Crippen LogP contribution in [0.2, 0.25) is 0 Å². The highest BCUT2D eigenvalue weighted by Crippen LogP contribution is 2.11. The van der Waals surface area contributed by atoms with Crippen LogP contribution in [-0.2, 0) is 0 Å². The number of rotatable bonds is 4. The molecule has 3 nitrogen and oxygen atoms in total. The lowest BCUT2D eigenvalue weighted by atomic mass is 10.2. The van der Waals surface area contributed by atoms with Crippen molar-refractivity contribution in [2.24, 2.45) is 0 Å². The molecule has 16 heavy (non-hydrogen) atoms. The summed E-state index contributed by atoms with van der Waals surface area (Å²) < 4.78 is 0. The van der Waals surface area contributed by atoms with Crippen molar-refractivity contribution in [1.29, 1.82) is 0 Å². The highest BCUT2D eigenvalue weighted by Gasteiger charge is 2.04. The number of nitrogens with zero attached hydrogens (tertiary/aromatic N) is 1. The van der Waals surface area contributed by atoms with Crippen molar-refractivity contribution in [3.8, 4) is 0 Å². The van der Waals surface area contributed by atoms with Crippen LogP contribution in [0.4, 0.5) is 5.69 Å². The Bertz CT molecular complexity index is 379. The normalized spacial score (nSPS) is 9.69. The first kappa shape index (κ1) is 12.3. The fourth-order valence-electron chi connectivity index (χ4n) is 1.24. The van der Waals surface area contributed by atoms with Crippen LogP contribution in [0.1, 0.15) is 17.3 Å². The molecular weight excluding hydrogens is 200 g/mol. The lowest BCUT2D eigenvalue weighted by Crippen LogP contribution is -2.24. The third kappa shape index (κ3) is 3.42. The van der Waals surface area contributed by atoms with Crippen molar-refractivity contribution in [3.05, 3.63) is 42.0 Å². The molecule has 1 aromatic carbocycles. The molecule has 0 aliphatic heterocycles. The monoisotopic (exact) mass is 218 g/mol. The molecule has 0 unspecified atom stereocenters. The van der Waals surface area contributed by atoms with E-state index in [4.69, 9.17) is 0 Å². The minimum absolute atomic E-state index is 0.0618. The summed E-state index contributed by atoms with van der Waals surface area (Å²) >= 11 is 0. The number of hydrogen-bond donors (Lipinski definition) is 1. The third-order valence-electron chi connectivity index (χ3n) is 2.20. The van der Waals surface area contributed by atoms with Crippen molar-refractivity contribution in [2.75, 3.05) is 25.5 Å². The van der Waals surface area contributed by atoms with Gasteiger partial charge in [0.15, 0.2) is 0 Å². The molecule has 0 radical (unpaired) electrons. The van der Waals surface area contributed by atoms with E-state index in [-0.39, 0.29) is 5.91 Å². The molecule has 1 rings (SSSR count). The van der Waals surface area contributed by atoms with Gasteiger partial charge in [0.2, 0.25) is 0 Å². The van der Waals surface area contributed by atoms with E-state index in [9.17, 15) is 4.79 Å². The van der Waals surface area contributed by atoms with Gasteiger partial charge in [-0.05, 0) is 31.2 Å². The largest absolute Gasteiger partial charge is 0.378 e. The van der Waals surface area contributed by atoms with Gasteiger partial charge in [0.05, 0.1) is 0 Å². The van der Waals surface area contributed by atoms with Crippen LogP contribution in [0.3, 0.4) is 0 Å². The van der Waals surface area contributed by atoms with Crippen LogP contribution in [0.15, 0.2) is 36.4 Å². The molecule has 1 amide bonds. The van der Waals surface area contributed by atoms with Crippen molar-refractivity contribution in [1.82, 2.24) is 5.32 Å². The van der Waals surface area contributed by atoms with Gasteiger partial charge in [-0.1, -0.05) is 12.2 Å². The molecule has 1 aromatic rings. The first-order valence-corrected chi connectivity index (χ1v) is 5.20. The topological polar surface area (TPSA) is 32.3 Å². The predicted molar refractivity (Wildman–Crippen MR) is 67.9 cm³/mol. The number of carbonyl (C=O) groups is 1. The Hall–Kier alpha value is -1.77. The second-order valence-corrected chi connectivity index (χ2v) is 4.08. The summed E-state index contributed by atoms with van der Waals surface area (Å²) in [5.74, 6) is -0.0618. The highest BCUT2D eigenvalue weighted by atomic mass is 16.1. The van der Waals surface area contributed by atoms with Crippen molar-refractivity contribution < 1.29 is 4.79 Å². The van der Waals surface area contributed by atoms with Gasteiger partial charge in [-0.3, -0.25) is 4.79 Å². The summed E-state index contributed by atoms with van der Waals surface area (Å²) in [4.78, 5) is 13.7. The summed E-state index contributed by atoms with van der Waals surface area (Å²) in [6.07, 6.45) is 0. The van der Waals surface area contributed by atoms with E-state index in [1.165, 1.54) is 0 Å². The Labute approximate surface area is 96.8 Å². The predicted octanol–water partition coefficient (Wildman–Crippen LogP) is 2.06. The molecule has 0 aliphatic rings. The van der Waals surface area contributed by atoms with Gasteiger partial charge < -0.3 is 10.2 Å². The fraction of sp³-hybridized carbons (Fsp3) is 0.308. The maximum atomic E-state index is 11.7. The maximum Gasteiger partial charge on any atom is 0.251 e. The van der Waals surface area contributed by atoms with Crippen molar-refractivity contribution in [3.63, 3.8) is 0 Å². The number of benzene rings is 1. The van der Waals surface area contributed by atoms with Crippen LogP contribution < -0.4 is 10.2 Å². The number of carbonyl (C=O) groups excluding carboxylic acids is 1. The van der Waals surface area contributed by atoms with Gasteiger partial charge in [0.1, 0.15) is 0 Å². The summed E-state index contributed by atoms with van der Waals surface area (Å²) in [6.45, 7) is 6.14. The van der Waals surface area contributed by atoms with Gasteiger partial charge >= 0.3 is 0 Å². The molecular formula is C13H18N2O. The van der Waals surface area contributed by atoms with Gasteiger partial charge in [-0.25, -0.2) is 0 Å². The summed E-state index contributed by atoms with van der Waals surface area (Å²) in [5.41, 5.74) is 2.70. The van der Waals surface area contributed by atoms with Crippen LogP contribution in [0.5, 0.6) is 0 Å². The Morgan fingerprint density at radius 1 is 1.31 bits per heavy atom. The molecule has 86 valence electrons. The minimum atomic E-state index is -0.0618. The summed E-state index contributed by atoms with van der Waals surface area (Å²) in [7, 11) is 3.94. The van der Waals surface area contributed by atoms with E-state index in [1.807, 2.05) is 50.2 Å². The Balaban J connectivity index is 2.66. The highest BCUT2D eigenvalue weighted by molar-refractivity contribution is 5.94. The van der Waals surface area contributed by atoms with E-state index in [2.05, 4.69) is 11.9 Å². The van der Waals surface area contributed by atoms with Crippen LogP contribution in [0, 0.1) is 0 Å². The van der Waals surface area contributed by atoms with Gasteiger partial charge in [-0.15, -0.1) is 0 Å². The van der Waals surface area contributed by atoms with Crippen molar-refractivity contribution in [2.45, 2.75) is 6.92 Å². The molecule has 0 fully saturated rings. The lowest BCUT2D eigenvalue weighted by molar-refractivity contribution is 0.0957. The second kappa shape index (κ2) is 5.35. The van der Waals surface area contributed by atoms with Crippen LogP contribution in [0.25, 0.3) is 0 Å². The zero-order valence-electron chi connectivity index (χ0n) is 10.1. The quantitative estimate of drug-likeness (QED) is 0.784.